The van der Waals surface area contributed by atoms with Gasteiger partial charge in [0.1, 0.15) is 0 Å². The number of likely N-dealkylation sites (tertiary alicyclic amines) is 1. The van der Waals surface area contributed by atoms with E-state index in [4.69, 9.17) is 5.21 Å². The minimum absolute atomic E-state index is 0. The van der Waals surface area contributed by atoms with Crippen LogP contribution in [-0.4, -0.2) is 35.0 Å². The molecule has 1 saturated heterocycles. The molecule has 1 unspecified atom stereocenters. The van der Waals surface area contributed by atoms with Gasteiger partial charge >= 0.3 is 0 Å². The fourth-order valence-electron chi connectivity index (χ4n) is 2.54. The molecule has 2 rings (SSSR count). The van der Waals surface area contributed by atoms with Gasteiger partial charge in [0.05, 0.1) is 11.8 Å². The number of nitrogens with zero attached hydrogens (tertiary/aromatic N) is 2. The van der Waals surface area contributed by atoms with Crippen molar-refractivity contribution in [3.63, 3.8) is 0 Å². The Hall–Kier alpha value is -0.280. The largest absolute Gasteiger partial charge is 0.411 e. The highest BCUT2D eigenvalue weighted by molar-refractivity contribution is 5.89. The van der Waals surface area contributed by atoms with Crippen molar-refractivity contribution in [3.8, 4) is 0 Å². The van der Waals surface area contributed by atoms with Crippen LogP contribution in [0, 0.1) is 0 Å². The third-order valence-electron chi connectivity index (χ3n) is 3.25. The van der Waals surface area contributed by atoms with Crippen LogP contribution in [0.25, 0.3) is 0 Å². The van der Waals surface area contributed by atoms with Crippen LogP contribution in [0.4, 0.5) is 0 Å². The molecule has 0 spiro atoms. The highest BCUT2D eigenvalue weighted by Crippen LogP contribution is 2.23. The Morgan fingerprint density at radius 1 is 1.14 bits per heavy atom. The van der Waals surface area contributed by atoms with Gasteiger partial charge in [-0.2, -0.15) is 0 Å². The Bertz CT molecular complexity index is 202. The van der Waals surface area contributed by atoms with Crippen molar-refractivity contribution >= 4 is 18.1 Å². The Kier molecular flexibility index (Phi) is 4.69. The van der Waals surface area contributed by atoms with E-state index >= 15 is 0 Å². The zero-order valence-corrected chi connectivity index (χ0v) is 9.30. The summed E-state index contributed by atoms with van der Waals surface area (Å²) in [6, 6.07) is 0.459. The number of hydrogen-bond acceptors (Lipinski definition) is 3. The molecule has 1 saturated carbocycles. The minimum Gasteiger partial charge on any atom is -0.411 e. The van der Waals surface area contributed by atoms with Crippen molar-refractivity contribution < 1.29 is 5.21 Å². The highest BCUT2D eigenvalue weighted by Gasteiger charge is 2.28. The highest BCUT2D eigenvalue weighted by atomic mass is 35.5. The molecular formula is C10H19ClN2O. The molecule has 1 aliphatic heterocycles. The lowest BCUT2D eigenvalue weighted by atomic mass is 9.92. The Morgan fingerprint density at radius 3 is 2.50 bits per heavy atom. The van der Waals surface area contributed by atoms with Gasteiger partial charge in [0.25, 0.3) is 0 Å². The average Bonchev–Trinajstić information content (AvgIpc) is 2.70. The second kappa shape index (κ2) is 5.56. The van der Waals surface area contributed by atoms with E-state index in [0.29, 0.717) is 6.04 Å². The SMILES string of the molecule is Cl.ON=C1CCCCC1N1CCCC1. The molecule has 1 heterocycles. The van der Waals surface area contributed by atoms with Crippen molar-refractivity contribution in [2.45, 2.75) is 44.6 Å². The zero-order valence-electron chi connectivity index (χ0n) is 8.48. The van der Waals surface area contributed by atoms with E-state index in [0.717, 1.165) is 12.1 Å². The van der Waals surface area contributed by atoms with Crippen LogP contribution in [0.1, 0.15) is 38.5 Å². The number of rotatable bonds is 1. The Labute approximate surface area is 91.6 Å². The molecule has 0 amide bonds. The lowest BCUT2D eigenvalue weighted by Gasteiger charge is -2.31. The predicted molar refractivity (Wildman–Crippen MR) is 59.5 cm³/mol. The molecule has 0 aromatic carbocycles. The number of halogens is 1. The van der Waals surface area contributed by atoms with Gasteiger partial charge in [-0.1, -0.05) is 11.6 Å². The summed E-state index contributed by atoms with van der Waals surface area (Å²) in [5.74, 6) is 0. The van der Waals surface area contributed by atoms with Gasteiger partial charge in [-0.05, 0) is 45.2 Å². The van der Waals surface area contributed by atoms with Crippen LogP contribution in [-0.2, 0) is 0 Å². The Morgan fingerprint density at radius 2 is 1.86 bits per heavy atom. The van der Waals surface area contributed by atoms with Crippen molar-refractivity contribution in [2.75, 3.05) is 13.1 Å². The van der Waals surface area contributed by atoms with Gasteiger partial charge in [0.15, 0.2) is 0 Å². The molecule has 1 N–H and O–H groups in total. The first kappa shape index (κ1) is 11.8. The van der Waals surface area contributed by atoms with Crippen LogP contribution in [0.15, 0.2) is 5.16 Å². The molecule has 4 heteroatoms. The van der Waals surface area contributed by atoms with E-state index in [1.54, 1.807) is 0 Å². The van der Waals surface area contributed by atoms with E-state index in [1.165, 1.54) is 45.2 Å². The van der Waals surface area contributed by atoms with E-state index in [9.17, 15) is 0 Å². The third-order valence-corrected chi connectivity index (χ3v) is 3.25. The summed E-state index contributed by atoms with van der Waals surface area (Å²) in [5.41, 5.74) is 1.02. The second-order valence-electron chi connectivity index (χ2n) is 4.10. The minimum atomic E-state index is 0. The molecule has 0 aromatic heterocycles. The normalized spacial score (nSPS) is 31.7. The Balaban J connectivity index is 0.000000980. The van der Waals surface area contributed by atoms with Gasteiger partial charge < -0.3 is 5.21 Å². The standard InChI is InChI=1S/C10H18N2O.ClH/c13-11-9-5-1-2-6-10(9)12-7-3-4-8-12;/h10,13H,1-8H2;1H. The van der Waals surface area contributed by atoms with E-state index in [-0.39, 0.29) is 12.4 Å². The first-order valence-electron chi connectivity index (χ1n) is 5.36. The van der Waals surface area contributed by atoms with Gasteiger partial charge in [-0.25, -0.2) is 0 Å². The van der Waals surface area contributed by atoms with Crippen molar-refractivity contribution in [1.82, 2.24) is 4.90 Å². The summed E-state index contributed by atoms with van der Waals surface area (Å²) in [7, 11) is 0. The monoisotopic (exact) mass is 218 g/mol. The predicted octanol–water partition coefficient (Wildman–Crippen LogP) is 2.28. The topological polar surface area (TPSA) is 35.8 Å². The molecule has 0 aromatic rings. The zero-order chi connectivity index (χ0) is 9.10. The first-order valence-corrected chi connectivity index (χ1v) is 5.36. The summed E-state index contributed by atoms with van der Waals surface area (Å²) in [6.45, 7) is 2.40. The maximum Gasteiger partial charge on any atom is 0.0742 e. The molecule has 2 fully saturated rings. The van der Waals surface area contributed by atoms with Gasteiger partial charge in [-0.15, -0.1) is 12.4 Å². The van der Waals surface area contributed by atoms with E-state index in [2.05, 4.69) is 10.1 Å². The third kappa shape index (κ3) is 2.39. The molecule has 0 bridgehead atoms. The molecule has 3 nitrogen and oxygen atoms in total. The molecule has 1 atom stereocenters. The summed E-state index contributed by atoms with van der Waals surface area (Å²) in [5, 5.41) is 12.3. The van der Waals surface area contributed by atoms with Gasteiger partial charge in [-0.3, -0.25) is 4.90 Å². The molecule has 2 aliphatic rings. The summed E-state index contributed by atoms with van der Waals surface area (Å²) in [6.07, 6.45) is 7.31. The van der Waals surface area contributed by atoms with Crippen LogP contribution in [0.5, 0.6) is 0 Å². The van der Waals surface area contributed by atoms with Crippen molar-refractivity contribution in [2.24, 2.45) is 5.16 Å². The van der Waals surface area contributed by atoms with E-state index < -0.39 is 0 Å². The van der Waals surface area contributed by atoms with Crippen LogP contribution in [0.2, 0.25) is 0 Å². The molecule has 1 aliphatic carbocycles. The quantitative estimate of drug-likeness (QED) is 0.542. The van der Waals surface area contributed by atoms with Crippen LogP contribution < -0.4 is 0 Å². The number of oxime groups is 1. The summed E-state index contributed by atoms with van der Waals surface area (Å²) in [4.78, 5) is 2.48. The van der Waals surface area contributed by atoms with Gasteiger partial charge in [0, 0.05) is 0 Å². The fourth-order valence-corrected chi connectivity index (χ4v) is 2.54. The summed E-state index contributed by atoms with van der Waals surface area (Å²) >= 11 is 0. The lowest BCUT2D eigenvalue weighted by Crippen LogP contribution is -2.41. The van der Waals surface area contributed by atoms with Gasteiger partial charge in [0.2, 0.25) is 0 Å². The van der Waals surface area contributed by atoms with Crippen LogP contribution in [0.3, 0.4) is 0 Å². The number of hydrogen-bond donors (Lipinski definition) is 1. The molecule has 0 radical (unpaired) electrons. The summed E-state index contributed by atoms with van der Waals surface area (Å²) < 4.78 is 0. The molecular weight excluding hydrogens is 200 g/mol. The van der Waals surface area contributed by atoms with Crippen molar-refractivity contribution in [1.29, 1.82) is 0 Å². The molecule has 82 valence electrons. The maximum absolute atomic E-state index is 8.88. The lowest BCUT2D eigenvalue weighted by molar-refractivity contribution is 0.253. The van der Waals surface area contributed by atoms with Crippen LogP contribution >= 0.6 is 12.4 Å². The molecule has 14 heavy (non-hydrogen) atoms. The second-order valence-corrected chi connectivity index (χ2v) is 4.10. The first-order chi connectivity index (χ1) is 6.42. The fraction of sp³-hybridized carbons (Fsp3) is 0.900. The van der Waals surface area contributed by atoms with E-state index in [1.807, 2.05) is 0 Å². The maximum atomic E-state index is 8.88. The average molecular weight is 219 g/mol. The smallest absolute Gasteiger partial charge is 0.0742 e. The van der Waals surface area contributed by atoms with Crippen molar-refractivity contribution in [3.05, 3.63) is 0 Å².